The fourth-order valence-electron chi connectivity index (χ4n) is 2.40. The molecule has 0 saturated carbocycles. The number of rotatable bonds is 3. The quantitative estimate of drug-likeness (QED) is 0.876. The SMILES string of the molecule is CCC[C@]1(O)CC[C@@H](c2ccc(F)cc2)CO1. The highest BCUT2D eigenvalue weighted by atomic mass is 19.1. The average molecular weight is 238 g/mol. The highest BCUT2D eigenvalue weighted by Crippen LogP contribution is 2.34. The van der Waals surface area contributed by atoms with E-state index in [0.717, 1.165) is 18.4 Å². The predicted molar refractivity (Wildman–Crippen MR) is 64.2 cm³/mol. The molecular weight excluding hydrogens is 219 g/mol. The van der Waals surface area contributed by atoms with Crippen molar-refractivity contribution >= 4 is 0 Å². The minimum absolute atomic E-state index is 0.215. The van der Waals surface area contributed by atoms with E-state index >= 15 is 0 Å². The Bertz CT molecular complexity index is 353. The summed E-state index contributed by atoms with van der Waals surface area (Å²) < 4.78 is 18.4. The number of aliphatic hydroxyl groups is 1. The van der Waals surface area contributed by atoms with E-state index in [1.54, 1.807) is 12.1 Å². The topological polar surface area (TPSA) is 29.5 Å². The van der Waals surface area contributed by atoms with Gasteiger partial charge in [0.1, 0.15) is 5.82 Å². The summed E-state index contributed by atoms with van der Waals surface area (Å²) in [5, 5.41) is 10.1. The second kappa shape index (κ2) is 5.15. The number of hydrogen-bond acceptors (Lipinski definition) is 2. The van der Waals surface area contributed by atoms with Crippen LogP contribution in [0.4, 0.5) is 4.39 Å². The van der Waals surface area contributed by atoms with Gasteiger partial charge in [0.15, 0.2) is 5.79 Å². The maximum atomic E-state index is 12.8. The molecule has 17 heavy (non-hydrogen) atoms. The predicted octanol–water partition coefficient (Wildman–Crippen LogP) is 3.21. The van der Waals surface area contributed by atoms with E-state index in [1.165, 1.54) is 12.1 Å². The van der Waals surface area contributed by atoms with Crippen LogP contribution in [0.2, 0.25) is 0 Å². The first kappa shape index (κ1) is 12.5. The molecule has 1 aliphatic rings. The molecule has 1 fully saturated rings. The van der Waals surface area contributed by atoms with Crippen LogP contribution < -0.4 is 0 Å². The van der Waals surface area contributed by atoms with E-state index in [9.17, 15) is 9.50 Å². The largest absolute Gasteiger partial charge is 0.365 e. The third-order valence-electron chi connectivity index (χ3n) is 3.42. The summed E-state index contributed by atoms with van der Waals surface area (Å²) in [6, 6.07) is 6.55. The van der Waals surface area contributed by atoms with Gasteiger partial charge in [-0.1, -0.05) is 25.5 Å². The minimum Gasteiger partial charge on any atom is -0.365 e. The summed E-state index contributed by atoms with van der Waals surface area (Å²) >= 11 is 0. The number of benzene rings is 1. The van der Waals surface area contributed by atoms with Crippen molar-refractivity contribution in [3.63, 3.8) is 0 Å². The zero-order valence-corrected chi connectivity index (χ0v) is 10.2. The lowest BCUT2D eigenvalue weighted by molar-refractivity contribution is -0.232. The molecule has 0 spiro atoms. The Morgan fingerprint density at radius 2 is 2.12 bits per heavy atom. The zero-order chi connectivity index (χ0) is 12.3. The first-order valence-electron chi connectivity index (χ1n) is 6.25. The summed E-state index contributed by atoms with van der Waals surface area (Å²) in [7, 11) is 0. The Balaban J connectivity index is 1.97. The Labute approximate surface area is 101 Å². The summed E-state index contributed by atoms with van der Waals surface area (Å²) in [6.07, 6.45) is 3.14. The molecule has 2 atom stereocenters. The van der Waals surface area contributed by atoms with Crippen LogP contribution in [0.3, 0.4) is 0 Å². The number of ether oxygens (including phenoxy) is 1. The number of halogens is 1. The van der Waals surface area contributed by atoms with Crippen molar-refractivity contribution in [1.29, 1.82) is 0 Å². The van der Waals surface area contributed by atoms with Crippen LogP contribution >= 0.6 is 0 Å². The van der Waals surface area contributed by atoms with Gasteiger partial charge in [-0.25, -0.2) is 4.39 Å². The van der Waals surface area contributed by atoms with Crippen molar-refractivity contribution < 1.29 is 14.2 Å². The van der Waals surface area contributed by atoms with Crippen LogP contribution in [-0.4, -0.2) is 17.5 Å². The van der Waals surface area contributed by atoms with Gasteiger partial charge in [0.25, 0.3) is 0 Å². The van der Waals surface area contributed by atoms with Gasteiger partial charge in [0.05, 0.1) is 6.61 Å². The van der Waals surface area contributed by atoms with E-state index in [2.05, 4.69) is 0 Å². The van der Waals surface area contributed by atoms with Crippen molar-refractivity contribution in [1.82, 2.24) is 0 Å². The molecule has 0 aromatic heterocycles. The Kier molecular flexibility index (Phi) is 3.79. The molecule has 0 bridgehead atoms. The van der Waals surface area contributed by atoms with Crippen LogP contribution in [0.5, 0.6) is 0 Å². The van der Waals surface area contributed by atoms with Crippen LogP contribution in [0.1, 0.15) is 44.1 Å². The van der Waals surface area contributed by atoms with Gasteiger partial charge in [-0.05, 0) is 24.1 Å². The van der Waals surface area contributed by atoms with Gasteiger partial charge in [-0.15, -0.1) is 0 Å². The van der Waals surface area contributed by atoms with Crippen LogP contribution in [0.25, 0.3) is 0 Å². The fraction of sp³-hybridized carbons (Fsp3) is 0.571. The van der Waals surface area contributed by atoms with E-state index < -0.39 is 5.79 Å². The van der Waals surface area contributed by atoms with Gasteiger partial charge >= 0.3 is 0 Å². The summed E-state index contributed by atoms with van der Waals surface area (Å²) in [4.78, 5) is 0. The highest BCUT2D eigenvalue weighted by Gasteiger charge is 2.33. The summed E-state index contributed by atoms with van der Waals surface area (Å²) in [5.74, 6) is -0.883. The van der Waals surface area contributed by atoms with Crippen LogP contribution in [0.15, 0.2) is 24.3 Å². The first-order valence-corrected chi connectivity index (χ1v) is 6.25. The molecule has 0 amide bonds. The Morgan fingerprint density at radius 3 is 2.65 bits per heavy atom. The fourth-order valence-corrected chi connectivity index (χ4v) is 2.40. The molecule has 3 heteroatoms. The van der Waals surface area contributed by atoms with Gasteiger partial charge in [-0.3, -0.25) is 0 Å². The molecule has 1 saturated heterocycles. The molecule has 94 valence electrons. The molecule has 1 aliphatic heterocycles. The smallest absolute Gasteiger partial charge is 0.165 e. The first-order chi connectivity index (χ1) is 8.13. The minimum atomic E-state index is -0.939. The third-order valence-corrected chi connectivity index (χ3v) is 3.42. The highest BCUT2D eigenvalue weighted by molar-refractivity contribution is 5.21. The summed E-state index contributed by atoms with van der Waals surface area (Å²) in [6.45, 7) is 2.55. The maximum Gasteiger partial charge on any atom is 0.165 e. The van der Waals surface area contributed by atoms with E-state index in [1.807, 2.05) is 6.92 Å². The second-order valence-corrected chi connectivity index (χ2v) is 4.79. The molecule has 1 aromatic rings. The monoisotopic (exact) mass is 238 g/mol. The molecular formula is C14H19FO2. The average Bonchev–Trinajstić information content (AvgIpc) is 2.31. The van der Waals surface area contributed by atoms with Crippen molar-refractivity contribution in [2.75, 3.05) is 6.61 Å². The van der Waals surface area contributed by atoms with Gasteiger partial charge in [-0.2, -0.15) is 0 Å². The normalized spacial score (nSPS) is 29.2. The zero-order valence-electron chi connectivity index (χ0n) is 10.2. The van der Waals surface area contributed by atoms with Gasteiger partial charge in [0.2, 0.25) is 0 Å². The van der Waals surface area contributed by atoms with Gasteiger partial charge < -0.3 is 9.84 Å². The lowest BCUT2D eigenvalue weighted by atomic mass is 9.89. The van der Waals surface area contributed by atoms with Gasteiger partial charge in [0, 0.05) is 18.8 Å². The van der Waals surface area contributed by atoms with Crippen molar-refractivity contribution in [3.05, 3.63) is 35.6 Å². The van der Waals surface area contributed by atoms with E-state index in [4.69, 9.17) is 4.74 Å². The molecule has 0 unspecified atom stereocenters. The van der Waals surface area contributed by atoms with E-state index in [-0.39, 0.29) is 11.7 Å². The van der Waals surface area contributed by atoms with Crippen molar-refractivity contribution in [2.24, 2.45) is 0 Å². The molecule has 1 aromatic carbocycles. The van der Waals surface area contributed by atoms with Crippen molar-refractivity contribution in [3.8, 4) is 0 Å². The molecule has 0 aliphatic carbocycles. The summed E-state index contributed by atoms with van der Waals surface area (Å²) in [5.41, 5.74) is 1.09. The Morgan fingerprint density at radius 1 is 1.41 bits per heavy atom. The molecule has 1 heterocycles. The van der Waals surface area contributed by atoms with E-state index in [0.29, 0.717) is 19.4 Å². The lowest BCUT2D eigenvalue weighted by Gasteiger charge is -2.36. The molecule has 2 nitrogen and oxygen atoms in total. The number of hydrogen-bond donors (Lipinski definition) is 1. The maximum absolute atomic E-state index is 12.8. The molecule has 1 N–H and O–H groups in total. The second-order valence-electron chi connectivity index (χ2n) is 4.79. The van der Waals surface area contributed by atoms with Crippen LogP contribution in [0, 0.1) is 5.82 Å². The molecule has 0 radical (unpaired) electrons. The Hall–Kier alpha value is -0.930. The van der Waals surface area contributed by atoms with Crippen molar-refractivity contribution in [2.45, 2.75) is 44.3 Å². The van der Waals surface area contributed by atoms with Crippen LogP contribution in [-0.2, 0) is 4.74 Å². The molecule has 2 rings (SSSR count). The standard InChI is InChI=1S/C14H19FO2/c1-2-8-14(16)9-7-12(10-17-14)11-3-5-13(15)6-4-11/h3-6,12,16H,2,7-10H2,1H3/t12-,14-/m1/s1. The third kappa shape index (κ3) is 3.05. The lowest BCUT2D eigenvalue weighted by Crippen LogP contribution is -2.38.